The van der Waals surface area contributed by atoms with Crippen molar-refractivity contribution in [1.82, 2.24) is 14.5 Å². The number of carbonyl (C=O) groups is 2. The monoisotopic (exact) mass is 532 g/mol. The molecule has 200 valence electrons. The summed E-state index contributed by atoms with van der Waals surface area (Å²) in [6, 6.07) is 7.49. The van der Waals surface area contributed by atoms with Gasteiger partial charge < -0.3 is 19.6 Å². The van der Waals surface area contributed by atoms with Gasteiger partial charge in [0, 0.05) is 17.2 Å². The van der Waals surface area contributed by atoms with Crippen LogP contribution in [0.1, 0.15) is 62.9 Å². The molecule has 0 bridgehead atoms. The summed E-state index contributed by atoms with van der Waals surface area (Å²) >= 11 is 0. The minimum atomic E-state index is -4.17. The Morgan fingerprint density at radius 2 is 1.95 bits per heavy atom. The molecule has 11 nitrogen and oxygen atoms in total. The third-order valence-electron chi connectivity index (χ3n) is 5.69. The zero-order chi connectivity index (χ0) is 27.5. The molecule has 0 unspecified atom stereocenters. The summed E-state index contributed by atoms with van der Waals surface area (Å²) in [5, 5.41) is 16.5. The maximum atomic E-state index is 13.4. The van der Waals surface area contributed by atoms with Gasteiger partial charge in [0.25, 0.3) is 0 Å². The quantitative estimate of drug-likeness (QED) is 0.345. The van der Waals surface area contributed by atoms with E-state index in [4.69, 9.17) is 9.15 Å². The highest BCUT2D eigenvalue weighted by molar-refractivity contribution is 7.89. The van der Waals surface area contributed by atoms with Crippen LogP contribution in [0, 0.1) is 12.8 Å². The highest BCUT2D eigenvalue weighted by atomic mass is 32.2. The van der Waals surface area contributed by atoms with Crippen LogP contribution in [-0.2, 0) is 26.9 Å². The second-order valence-electron chi connectivity index (χ2n) is 9.63. The fraction of sp³-hybridized carbons (Fsp3) is 0.400. The summed E-state index contributed by atoms with van der Waals surface area (Å²) in [7, 11) is -4.17. The third-order valence-corrected chi connectivity index (χ3v) is 7.11. The average molecular weight is 533 g/mol. The summed E-state index contributed by atoms with van der Waals surface area (Å²) < 4.78 is 41.9. The van der Waals surface area contributed by atoms with Gasteiger partial charge in [0.2, 0.25) is 21.8 Å². The van der Waals surface area contributed by atoms with E-state index in [1.807, 2.05) is 27.7 Å². The van der Waals surface area contributed by atoms with Crippen LogP contribution >= 0.6 is 0 Å². The van der Waals surface area contributed by atoms with E-state index < -0.39 is 21.5 Å². The lowest BCUT2D eigenvalue weighted by molar-refractivity contribution is -0.119. The van der Waals surface area contributed by atoms with Crippen LogP contribution in [0.2, 0.25) is 0 Å². The lowest BCUT2D eigenvalue weighted by Crippen LogP contribution is -2.25. The average Bonchev–Trinajstić information content (AvgIpc) is 3.46. The number of aromatic nitrogens is 2. The molecule has 3 rings (SSSR count). The smallest absolute Gasteiger partial charge is 0.356 e. The standard InChI is InChI=1S/C25H32N4O7S/c1-7-15(2)22(30)27-17-10-11-19(20(13-17)37(33,34)26-14-18-9-8-12-35-18)36-23-16(3)21(24(31)32)28-29(23)25(4,5)6/h8-13,15,26H,7,14H2,1-6H3,(H,27,30)(H,31,32)/t15-/m0/s1. The highest BCUT2D eigenvalue weighted by Gasteiger charge is 2.30. The molecule has 0 aliphatic heterocycles. The van der Waals surface area contributed by atoms with Gasteiger partial charge in [-0.05, 0) is 64.4 Å². The number of carboxylic acid groups (broad SMARTS) is 1. The molecule has 3 N–H and O–H groups in total. The molecule has 12 heteroatoms. The van der Waals surface area contributed by atoms with E-state index >= 15 is 0 Å². The van der Waals surface area contributed by atoms with Gasteiger partial charge in [0.15, 0.2) is 5.69 Å². The Morgan fingerprint density at radius 1 is 1.24 bits per heavy atom. The maximum Gasteiger partial charge on any atom is 0.356 e. The van der Waals surface area contributed by atoms with Gasteiger partial charge in [-0.3, -0.25) is 4.79 Å². The van der Waals surface area contributed by atoms with E-state index in [1.165, 1.54) is 36.1 Å². The van der Waals surface area contributed by atoms with Crippen LogP contribution in [0.25, 0.3) is 0 Å². The zero-order valence-electron chi connectivity index (χ0n) is 21.7. The number of anilines is 1. The van der Waals surface area contributed by atoms with E-state index in [1.54, 1.807) is 19.1 Å². The number of benzene rings is 1. The van der Waals surface area contributed by atoms with E-state index in [9.17, 15) is 23.1 Å². The van der Waals surface area contributed by atoms with Gasteiger partial charge in [-0.15, -0.1) is 0 Å². The second kappa shape index (κ2) is 10.8. The van der Waals surface area contributed by atoms with Crippen molar-refractivity contribution < 1.29 is 32.3 Å². The predicted molar refractivity (Wildman–Crippen MR) is 136 cm³/mol. The van der Waals surface area contributed by atoms with Crippen molar-refractivity contribution in [3.8, 4) is 11.6 Å². The first-order valence-electron chi connectivity index (χ1n) is 11.7. The van der Waals surface area contributed by atoms with Gasteiger partial charge in [0.05, 0.1) is 18.3 Å². The minimum absolute atomic E-state index is 0.0704. The molecule has 3 aromatic rings. The first-order valence-corrected chi connectivity index (χ1v) is 13.2. The molecule has 0 aliphatic rings. The summed E-state index contributed by atoms with van der Waals surface area (Å²) in [6.45, 7) is 10.5. The van der Waals surface area contributed by atoms with Crippen LogP contribution in [0.3, 0.4) is 0 Å². The molecule has 0 radical (unpaired) electrons. The van der Waals surface area contributed by atoms with Gasteiger partial charge in [-0.2, -0.15) is 5.10 Å². The summed E-state index contributed by atoms with van der Waals surface area (Å²) in [5.74, 6) is -1.34. The van der Waals surface area contributed by atoms with Gasteiger partial charge in [-0.1, -0.05) is 13.8 Å². The number of nitrogens with zero attached hydrogens (tertiary/aromatic N) is 2. The normalized spacial score (nSPS) is 12.8. The van der Waals surface area contributed by atoms with Crippen molar-refractivity contribution in [2.45, 2.75) is 64.9 Å². The lowest BCUT2D eigenvalue weighted by Gasteiger charge is -2.23. The van der Waals surface area contributed by atoms with Crippen LogP contribution in [0.4, 0.5) is 5.69 Å². The highest BCUT2D eigenvalue weighted by Crippen LogP contribution is 2.36. The molecule has 0 aliphatic carbocycles. The molecule has 2 aromatic heterocycles. The predicted octanol–water partition coefficient (Wildman–Crippen LogP) is 4.49. The largest absolute Gasteiger partial charge is 0.476 e. The topological polar surface area (TPSA) is 153 Å². The van der Waals surface area contributed by atoms with Gasteiger partial charge in [-0.25, -0.2) is 22.6 Å². The number of rotatable bonds is 10. The first-order chi connectivity index (χ1) is 17.2. The molecule has 0 fully saturated rings. The van der Waals surface area contributed by atoms with Crippen molar-refractivity contribution >= 4 is 27.6 Å². The summed E-state index contributed by atoms with van der Waals surface area (Å²) in [6.07, 6.45) is 2.05. The molecule has 0 spiro atoms. The number of amides is 1. The molecule has 0 saturated carbocycles. The minimum Gasteiger partial charge on any atom is -0.476 e. The van der Waals surface area contributed by atoms with Crippen molar-refractivity contribution in [3.05, 3.63) is 53.6 Å². The molecule has 1 aromatic carbocycles. The second-order valence-corrected chi connectivity index (χ2v) is 11.4. The van der Waals surface area contributed by atoms with Crippen LogP contribution in [0.5, 0.6) is 11.6 Å². The number of hydrogen-bond acceptors (Lipinski definition) is 7. The van der Waals surface area contributed by atoms with Crippen LogP contribution in [0.15, 0.2) is 45.9 Å². The first kappa shape index (κ1) is 27.9. The third kappa shape index (κ3) is 6.38. The fourth-order valence-electron chi connectivity index (χ4n) is 3.35. The van der Waals surface area contributed by atoms with Gasteiger partial charge in [0.1, 0.15) is 16.4 Å². The number of aromatic carboxylic acids is 1. The zero-order valence-corrected chi connectivity index (χ0v) is 22.5. The maximum absolute atomic E-state index is 13.4. The Hall–Kier alpha value is -3.64. The van der Waals surface area contributed by atoms with E-state index in [-0.39, 0.29) is 51.8 Å². The Bertz CT molecular complexity index is 1390. The number of sulfonamides is 1. The SMILES string of the molecule is CC[C@H](C)C(=O)Nc1ccc(Oc2c(C)c(C(=O)O)nn2C(C)(C)C)c(S(=O)(=O)NCc2ccco2)c1. The number of ether oxygens (including phenoxy) is 1. The van der Waals surface area contributed by atoms with E-state index in [0.29, 0.717) is 12.2 Å². The number of furan rings is 1. The molecule has 1 atom stereocenters. The molecule has 0 saturated heterocycles. The van der Waals surface area contributed by atoms with E-state index in [0.717, 1.165) is 0 Å². The lowest BCUT2D eigenvalue weighted by atomic mass is 10.1. The molecule has 2 heterocycles. The molecular formula is C25H32N4O7S. The molecule has 1 amide bonds. The van der Waals surface area contributed by atoms with Crippen LogP contribution < -0.4 is 14.8 Å². The fourth-order valence-corrected chi connectivity index (χ4v) is 4.49. The number of hydrogen-bond donors (Lipinski definition) is 3. The Balaban J connectivity index is 2.09. The van der Waals surface area contributed by atoms with Gasteiger partial charge >= 0.3 is 5.97 Å². The Labute approximate surface area is 215 Å². The van der Waals surface area contributed by atoms with Crippen molar-refractivity contribution in [3.63, 3.8) is 0 Å². The summed E-state index contributed by atoms with van der Waals surface area (Å²) in [4.78, 5) is 23.9. The van der Waals surface area contributed by atoms with Crippen LogP contribution in [-0.4, -0.2) is 35.2 Å². The van der Waals surface area contributed by atoms with Crippen molar-refractivity contribution in [2.75, 3.05) is 5.32 Å². The summed E-state index contributed by atoms with van der Waals surface area (Å²) in [5.41, 5.74) is -0.372. The number of nitrogens with one attached hydrogen (secondary N) is 2. The Morgan fingerprint density at radius 3 is 2.51 bits per heavy atom. The van der Waals surface area contributed by atoms with Crippen molar-refractivity contribution in [1.29, 1.82) is 0 Å². The van der Waals surface area contributed by atoms with E-state index in [2.05, 4.69) is 15.1 Å². The molecule has 37 heavy (non-hydrogen) atoms. The number of carboxylic acids is 1. The molecular weight excluding hydrogens is 500 g/mol. The number of carbonyl (C=O) groups excluding carboxylic acids is 1. The Kier molecular flexibility index (Phi) is 8.13. The van der Waals surface area contributed by atoms with Crippen molar-refractivity contribution in [2.24, 2.45) is 5.92 Å².